The highest BCUT2D eigenvalue weighted by atomic mass is 32.2. The number of thioether (sulfide) groups is 1. The van der Waals surface area contributed by atoms with Gasteiger partial charge in [-0.2, -0.15) is 0 Å². The number of halogens is 1. The quantitative estimate of drug-likeness (QED) is 0.586. The van der Waals surface area contributed by atoms with Crippen molar-refractivity contribution in [2.45, 2.75) is 30.7 Å². The Morgan fingerprint density at radius 1 is 1.16 bits per heavy atom. The fraction of sp³-hybridized carbons (Fsp3) is 0.250. The fourth-order valence-corrected chi connectivity index (χ4v) is 5.49. The highest BCUT2D eigenvalue weighted by molar-refractivity contribution is 8.00. The first-order valence-electron chi connectivity index (χ1n) is 10.1. The van der Waals surface area contributed by atoms with Crippen LogP contribution in [0.25, 0.3) is 0 Å². The normalized spacial score (nSPS) is 19.5. The van der Waals surface area contributed by atoms with Crippen molar-refractivity contribution < 1.29 is 14.0 Å². The van der Waals surface area contributed by atoms with Crippen LogP contribution in [0, 0.1) is 12.7 Å². The van der Waals surface area contributed by atoms with Crippen molar-refractivity contribution in [1.29, 1.82) is 0 Å². The number of carbonyl (C=O) groups is 2. The van der Waals surface area contributed by atoms with Crippen LogP contribution in [0.5, 0.6) is 0 Å². The van der Waals surface area contributed by atoms with Gasteiger partial charge in [0.1, 0.15) is 11.9 Å². The molecule has 2 aromatic carbocycles. The van der Waals surface area contributed by atoms with Gasteiger partial charge >= 0.3 is 0 Å². The van der Waals surface area contributed by atoms with Crippen molar-refractivity contribution in [3.8, 4) is 0 Å². The first kappa shape index (κ1) is 21.6. The Labute approximate surface area is 189 Å². The first-order valence-corrected chi connectivity index (χ1v) is 12.0. The lowest BCUT2D eigenvalue weighted by atomic mass is 10.0. The van der Waals surface area contributed by atoms with Gasteiger partial charge in [-0.05, 0) is 48.1 Å². The summed E-state index contributed by atoms with van der Waals surface area (Å²) in [6.45, 7) is 2.03. The Bertz CT molecular complexity index is 1040. The zero-order valence-electron chi connectivity index (χ0n) is 17.0. The van der Waals surface area contributed by atoms with Crippen LogP contribution in [0.1, 0.15) is 27.6 Å². The number of thiophene rings is 1. The van der Waals surface area contributed by atoms with Gasteiger partial charge < -0.3 is 10.6 Å². The van der Waals surface area contributed by atoms with Crippen LogP contribution in [0.2, 0.25) is 0 Å². The standard InChI is InChI=1S/C24H23FN2O2S2/c1-15-4-8-17(9-5-15)22(20-3-2-12-30-20)27-23(28)19-14-31-21(24(29)26-19)13-16-6-10-18(25)11-7-16/h2-12,19,21-22H,13-14H2,1H3,(H,26,29)(H,27,28). The number of carbonyl (C=O) groups excluding carboxylic acids is 2. The van der Waals surface area contributed by atoms with E-state index in [-0.39, 0.29) is 28.9 Å². The molecule has 3 atom stereocenters. The van der Waals surface area contributed by atoms with Crippen LogP contribution in [0.3, 0.4) is 0 Å². The summed E-state index contributed by atoms with van der Waals surface area (Å²) in [5.74, 6) is -0.159. The van der Waals surface area contributed by atoms with Crippen LogP contribution in [-0.4, -0.2) is 28.9 Å². The van der Waals surface area contributed by atoms with Crippen LogP contribution in [0.15, 0.2) is 66.0 Å². The van der Waals surface area contributed by atoms with Gasteiger partial charge in [0, 0.05) is 10.6 Å². The number of aryl methyl sites for hydroxylation is 1. The molecule has 1 aromatic heterocycles. The van der Waals surface area contributed by atoms with Gasteiger partial charge in [-0.3, -0.25) is 9.59 Å². The van der Waals surface area contributed by atoms with E-state index in [0.29, 0.717) is 12.2 Å². The predicted molar refractivity (Wildman–Crippen MR) is 124 cm³/mol. The molecule has 4 rings (SSSR count). The van der Waals surface area contributed by atoms with Gasteiger partial charge in [0.15, 0.2) is 0 Å². The molecule has 1 saturated heterocycles. The van der Waals surface area contributed by atoms with E-state index in [1.54, 1.807) is 23.5 Å². The topological polar surface area (TPSA) is 58.2 Å². The third-order valence-corrected chi connectivity index (χ3v) is 7.49. The summed E-state index contributed by atoms with van der Waals surface area (Å²) in [4.78, 5) is 26.7. The average Bonchev–Trinajstić information content (AvgIpc) is 3.30. The van der Waals surface area contributed by atoms with Gasteiger partial charge in [-0.1, -0.05) is 48.0 Å². The summed E-state index contributed by atoms with van der Waals surface area (Å²) in [5, 5.41) is 7.68. The van der Waals surface area contributed by atoms with E-state index in [9.17, 15) is 14.0 Å². The van der Waals surface area contributed by atoms with Gasteiger partial charge in [0.2, 0.25) is 11.8 Å². The van der Waals surface area contributed by atoms with Crippen molar-refractivity contribution in [3.63, 3.8) is 0 Å². The number of benzene rings is 2. The van der Waals surface area contributed by atoms with E-state index in [4.69, 9.17) is 0 Å². The molecule has 3 unspecified atom stereocenters. The molecule has 160 valence electrons. The minimum absolute atomic E-state index is 0.163. The van der Waals surface area contributed by atoms with Crippen LogP contribution >= 0.6 is 23.1 Å². The molecule has 4 nitrogen and oxygen atoms in total. The molecular formula is C24H23FN2O2S2. The average molecular weight is 455 g/mol. The van der Waals surface area contributed by atoms with E-state index in [0.717, 1.165) is 21.6 Å². The zero-order chi connectivity index (χ0) is 21.8. The molecule has 1 aliphatic rings. The van der Waals surface area contributed by atoms with Crippen molar-refractivity contribution in [1.82, 2.24) is 10.6 Å². The summed E-state index contributed by atoms with van der Waals surface area (Å²) < 4.78 is 13.1. The second-order valence-electron chi connectivity index (χ2n) is 7.58. The second kappa shape index (κ2) is 9.66. The summed E-state index contributed by atoms with van der Waals surface area (Å²) in [6, 6.07) is 17.4. The molecule has 0 spiro atoms. The Hall–Kier alpha value is -2.64. The van der Waals surface area contributed by atoms with Crippen molar-refractivity contribution >= 4 is 34.9 Å². The Morgan fingerprint density at radius 3 is 2.55 bits per heavy atom. The maximum absolute atomic E-state index is 13.1. The van der Waals surface area contributed by atoms with E-state index >= 15 is 0 Å². The van der Waals surface area contributed by atoms with Crippen molar-refractivity contribution in [3.05, 3.63) is 93.4 Å². The Kier molecular flexibility index (Phi) is 6.73. The van der Waals surface area contributed by atoms with E-state index < -0.39 is 6.04 Å². The molecule has 31 heavy (non-hydrogen) atoms. The Morgan fingerprint density at radius 2 is 1.90 bits per heavy atom. The summed E-state index contributed by atoms with van der Waals surface area (Å²) in [7, 11) is 0. The number of hydrogen-bond acceptors (Lipinski definition) is 4. The molecule has 0 radical (unpaired) electrons. The zero-order valence-corrected chi connectivity index (χ0v) is 18.6. The summed E-state index contributed by atoms with van der Waals surface area (Å²) in [5.41, 5.74) is 3.06. The number of hydrogen-bond donors (Lipinski definition) is 2. The van der Waals surface area contributed by atoms with Gasteiger partial charge in [-0.15, -0.1) is 23.1 Å². The monoisotopic (exact) mass is 454 g/mol. The molecular weight excluding hydrogens is 431 g/mol. The summed E-state index contributed by atoms with van der Waals surface area (Å²) >= 11 is 3.05. The van der Waals surface area contributed by atoms with Crippen molar-refractivity contribution in [2.75, 3.05) is 5.75 Å². The summed E-state index contributed by atoms with van der Waals surface area (Å²) in [6.07, 6.45) is 0.506. The smallest absolute Gasteiger partial charge is 0.244 e. The van der Waals surface area contributed by atoms with Crippen LogP contribution < -0.4 is 10.6 Å². The highest BCUT2D eigenvalue weighted by Crippen LogP contribution is 2.28. The minimum Gasteiger partial charge on any atom is -0.343 e. The molecule has 1 fully saturated rings. The van der Waals surface area contributed by atoms with Crippen molar-refractivity contribution in [2.24, 2.45) is 0 Å². The molecule has 0 aliphatic carbocycles. The SMILES string of the molecule is Cc1ccc(C(NC(=O)C2CSC(Cc3ccc(F)cc3)C(=O)N2)c2cccs2)cc1. The van der Waals surface area contributed by atoms with Gasteiger partial charge in [-0.25, -0.2) is 4.39 Å². The first-order chi connectivity index (χ1) is 15.0. The molecule has 2 heterocycles. The molecule has 2 amide bonds. The van der Waals surface area contributed by atoms with Gasteiger partial charge in [0.05, 0.1) is 11.3 Å². The maximum atomic E-state index is 13.1. The highest BCUT2D eigenvalue weighted by Gasteiger charge is 2.33. The van der Waals surface area contributed by atoms with Gasteiger partial charge in [0.25, 0.3) is 0 Å². The lowest BCUT2D eigenvalue weighted by Crippen LogP contribution is -2.55. The molecule has 0 bridgehead atoms. The lowest BCUT2D eigenvalue weighted by molar-refractivity contribution is -0.128. The molecule has 1 aliphatic heterocycles. The second-order valence-corrected chi connectivity index (χ2v) is 9.80. The fourth-order valence-electron chi connectivity index (χ4n) is 3.50. The van der Waals surface area contributed by atoms with Crippen LogP contribution in [0.4, 0.5) is 4.39 Å². The number of rotatable bonds is 6. The molecule has 0 saturated carbocycles. The van der Waals surface area contributed by atoms with E-state index in [1.807, 2.05) is 48.7 Å². The minimum atomic E-state index is -0.588. The molecule has 7 heteroatoms. The molecule has 3 aromatic rings. The van der Waals surface area contributed by atoms with E-state index in [2.05, 4.69) is 10.6 Å². The number of nitrogens with one attached hydrogen (secondary N) is 2. The third kappa shape index (κ3) is 5.35. The maximum Gasteiger partial charge on any atom is 0.244 e. The Balaban J connectivity index is 1.41. The van der Waals surface area contributed by atoms with E-state index in [1.165, 1.54) is 23.9 Å². The lowest BCUT2D eigenvalue weighted by Gasteiger charge is -2.29. The predicted octanol–water partition coefficient (Wildman–Crippen LogP) is 4.24. The third-order valence-electron chi connectivity index (χ3n) is 5.25. The molecule has 2 N–H and O–H groups in total. The largest absolute Gasteiger partial charge is 0.343 e. The van der Waals surface area contributed by atoms with Crippen LogP contribution in [-0.2, 0) is 16.0 Å². The number of amides is 2.